The van der Waals surface area contributed by atoms with Crippen molar-refractivity contribution in [1.29, 1.82) is 0 Å². The van der Waals surface area contributed by atoms with Gasteiger partial charge in [-0.25, -0.2) is 9.78 Å². The summed E-state index contributed by atoms with van der Waals surface area (Å²) in [5.41, 5.74) is 6.74. The fourth-order valence-corrected chi connectivity index (χ4v) is 2.65. The second-order valence-electron chi connectivity index (χ2n) is 5.31. The van der Waals surface area contributed by atoms with Crippen LogP contribution in [0.5, 0.6) is 6.01 Å². The Morgan fingerprint density at radius 3 is 2.86 bits per heavy atom. The number of ether oxygens (including phenoxy) is 2. The van der Waals surface area contributed by atoms with E-state index < -0.39 is 5.97 Å². The molecule has 1 aromatic heterocycles. The maximum atomic E-state index is 11.7. The van der Waals surface area contributed by atoms with Crippen molar-refractivity contribution in [2.45, 2.75) is 45.6 Å². The normalized spacial score (nSPS) is 21.9. The number of rotatable bonds is 5. The molecule has 2 atom stereocenters. The van der Waals surface area contributed by atoms with E-state index in [-0.39, 0.29) is 6.10 Å². The van der Waals surface area contributed by atoms with Crippen LogP contribution in [0.1, 0.15) is 48.7 Å². The summed E-state index contributed by atoms with van der Waals surface area (Å²) >= 11 is 0. The summed E-state index contributed by atoms with van der Waals surface area (Å²) in [5.74, 6) is -0.0496. The van der Waals surface area contributed by atoms with E-state index in [4.69, 9.17) is 15.2 Å². The van der Waals surface area contributed by atoms with Crippen molar-refractivity contribution in [3.63, 3.8) is 0 Å². The third kappa shape index (κ3) is 3.91. The van der Waals surface area contributed by atoms with Crippen LogP contribution < -0.4 is 10.5 Å². The van der Waals surface area contributed by atoms with Gasteiger partial charge in [-0.15, -0.1) is 0 Å². The van der Waals surface area contributed by atoms with Crippen molar-refractivity contribution in [3.8, 4) is 6.01 Å². The van der Waals surface area contributed by atoms with E-state index in [0.717, 1.165) is 19.3 Å². The van der Waals surface area contributed by atoms with Crippen LogP contribution in [-0.2, 0) is 4.74 Å². The number of aromatic nitrogens is 2. The summed E-state index contributed by atoms with van der Waals surface area (Å²) in [7, 11) is 0. The first kappa shape index (κ1) is 15.7. The minimum atomic E-state index is -0.404. The van der Waals surface area contributed by atoms with Gasteiger partial charge in [0.25, 0.3) is 0 Å². The molecule has 2 unspecified atom stereocenters. The summed E-state index contributed by atoms with van der Waals surface area (Å²) in [6.07, 6.45) is 5.93. The molecule has 0 spiro atoms. The van der Waals surface area contributed by atoms with Crippen LogP contribution in [0.4, 0.5) is 0 Å². The third-order valence-corrected chi connectivity index (χ3v) is 3.85. The molecule has 1 aliphatic rings. The fourth-order valence-electron chi connectivity index (χ4n) is 2.65. The second-order valence-corrected chi connectivity index (χ2v) is 5.31. The number of carbonyl (C=O) groups is 1. The molecule has 2 rings (SSSR count). The van der Waals surface area contributed by atoms with Gasteiger partial charge in [-0.1, -0.05) is 6.42 Å². The van der Waals surface area contributed by atoms with Crippen molar-refractivity contribution < 1.29 is 14.3 Å². The average Bonchev–Trinajstić information content (AvgIpc) is 2.48. The number of nitrogens with zero attached hydrogens (tertiary/aromatic N) is 2. The highest BCUT2D eigenvalue weighted by molar-refractivity contribution is 5.90. The van der Waals surface area contributed by atoms with Crippen LogP contribution in [0.2, 0.25) is 0 Å². The molecule has 1 fully saturated rings. The first-order valence-electron chi connectivity index (χ1n) is 7.53. The third-order valence-electron chi connectivity index (χ3n) is 3.85. The van der Waals surface area contributed by atoms with E-state index in [1.807, 2.05) is 0 Å². The first-order chi connectivity index (χ1) is 10.2. The standard InChI is InChI=1S/C15H23N3O3/c1-3-20-14(19)12-9-17-15(18-10(12)2)21-13-7-5-4-6-11(13)8-16/h9,11,13H,3-8,16H2,1-2H3. The Kier molecular flexibility index (Phi) is 5.50. The van der Waals surface area contributed by atoms with Crippen LogP contribution in [0.3, 0.4) is 0 Å². The predicted octanol–water partition coefficient (Wildman–Crippen LogP) is 1.86. The number of nitrogens with two attached hydrogens (primary N) is 1. The van der Waals surface area contributed by atoms with Gasteiger partial charge in [0.1, 0.15) is 6.10 Å². The molecule has 21 heavy (non-hydrogen) atoms. The van der Waals surface area contributed by atoms with Crippen molar-refractivity contribution in [2.75, 3.05) is 13.2 Å². The van der Waals surface area contributed by atoms with Gasteiger partial charge in [-0.2, -0.15) is 4.98 Å². The minimum absolute atomic E-state index is 0.0663. The fraction of sp³-hybridized carbons (Fsp3) is 0.667. The Labute approximate surface area is 125 Å². The Hall–Kier alpha value is -1.69. The van der Waals surface area contributed by atoms with Gasteiger partial charge in [-0.3, -0.25) is 0 Å². The molecule has 0 bridgehead atoms. The molecule has 0 aromatic carbocycles. The molecule has 0 saturated heterocycles. The molecule has 0 aliphatic heterocycles. The maximum absolute atomic E-state index is 11.7. The molecule has 1 aromatic rings. The molecule has 1 saturated carbocycles. The Bertz CT molecular complexity index is 493. The molecule has 6 nitrogen and oxygen atoms in total. The van der Waals surface area contributed by atoms with Gasteiger partial charge in [-0.05, 0) is 39.7 Å². The molecule has 2 N–H and O–H groups in total. The van der Waals surface area contributed by atoms with Crippen LogP contribution >= 0.6 is 0 Å². The zero-order chi connectivity index (χ0) is 15.2. The number of hydrogen-bond donors (Lipinski definition) is 1. The Morgan fingerprint density at radius 1 is 1.43 bits per heavy atom. The Morgan fingerprint density at radius 2 is 2.19 bits per heavy atom. The van der Waals surface area contributed by atoms with E-state index in [2.05, 4.69) is 9.97 Å². The summed E-state index contributed by atoms with van der Waals surface area (Å²) in [6, 6.07) is 0.311. The average molecular weight is 293 g/mol. The Balaban J connectivity index is 2.07. The molecule has 1 aliphatic carbocycles. The molecule has 116 valence electrons. The lowest BCUT2D eigenvalue weighted by molar-refractivity contribution is 0.0523. The molecule has 0 radical (unpaired) electrons. The minimum Gasteiger partial charge on any atom is -0.462 e. The molecule has 0 amide bonds. The number of hydrogen-bond acceptors (Lipinski definition) is 6. The van der Waals surface area contributed by atoms with E-state index in [1.165, 1.54) is 12.6 Å². The van der Waals surface area contributed by atoms with E-state index in [1.54, 1.807) is 13.8 Å². The lowest BCUT2D eigenvalue weighted by Gasteiger charge is -2.30. The first-order valence-corrected chi connectivity index (χ1v) is 7.53. The molecule has 1 heterocycles. The largest absolute Gasteiger partial charge is 0.462 e. The summed E-state index contributed by atoms with van der Waals surface area (Å²) < 4.78 is 10.8. The zero-order valence-electron chi connectivity index (χ0n) is 12.7. The van der Waals surface area contributed by atoms with Crippen molar-refractivity contribution in [1.82, 2.24) is 9.97 Å². The van der Waals surface area contributed by atoms with E-state index in [0.29, 0.717) is 36.3 Å². The van der Waals surface area contributed by atoms with Crippen molar-refractivity contribution >= 4 is 5.97 Å². The van der Waals surface area contributed by atoms with Gasteiger partial charge < -0.3 is 15.2 Å². The van der Waals surface area contributed by atoms with Crippen LogP contribution in [0.25, 0.3) is 0 Å². The lowest BCUT2D eigenvalue weighted by Crippen LogP contribution is -2.35. The number of esters is 1. The van der Waals surface area contributed by atoms with Gasteiger partial charge in [0.05, 0.1) is 17.9 Å². The van der Waals surface area contributed by atoms with Gasteiger partial charge in [0, 0.05) is 12.1 Å². The summed E-state index contributed by atoms with van der Waals surface area (Å²) in [4.78, 5) is 20.1. The van der Waals surface area contributed by atoms with Crippen LogP contribution in [-0.4, -0.2) is 35.2 Å². The van der Waals surface area contributed by atoms with Gasteiger partial charge in [0.15, 0.2) is 0 Å². The topological polar surface area (TPSA) is 87.3 Å². The monoisotopic (exact) mass is 293 g/mol. The van der Waals surface area contributed by atoms with E-state index >= 15 is 0 Å². The summed E-state index contributed by atoms with van der Waals surface area (Å²) in [5, 5.41) is 0. The molecular formula is C15H23N3O3. The smallest absolute Gasteiger partial charge is 0.341 e. The summed E-state index contributed by atoms with van der Waals surface area (Å²) in [6.45, 7) is 4.46. The van der Waals surface area contributed by atoms with Crippen LogP contribution in [0, 0.1) is 12.8 Å². The highest BCUT2D eigenvalue weighted by atomic mass is 16.5. The molecule has 6 heteroatoms. The van der Waals surface area contributed by atoms with Crippen molar-refractivity contribution in [2.24, 2.45) is 11.7 Å². The number of aryl methyl sites for hydroxylation is 1. The number of carbonyl (C=O) groups excluding carboxylic acids is 1. The maximum Gasteiger partial charge on any atom is 0.341 e. The molecular weight excluding hydrogens is 270 g/mol. The zero-order valence-corrected chi connectivity index (χ0v) is 12.7. The highest BCUT2D eigenvalue weighted by Crippen LogP contribution is 2.26. The van der Waals surface area contributed by atoms with Gasteiger partial charge in [0.2, 0.25) is 0 Å². The quantitative estimate of drug-likeness (QED) is 0.834. The van der Waals surface area contributed by atoms with Crippen LogP contribution in [0.15, 0.2) is 6.20 Å². The van der Waals surface area contributed by atoms with E-state index in [9.17, 15) is 4.79 Å². The predicted molar refractivity (Wildman–Crippen MR) is 78.2 cm³/mol. The van der Waals surface area contributed by atoms with Gasteiger partial charge >= 0.3 is 12.0 Å². The SMILES string of the molecule is CCOC(=O)c1cnc(OC2CCCCC2CN)nc1C. The lowest BCUT2D eigenvalue weighted by atomic mass is 9.86. The highest BCUT2D eigenvalue weighted by Gasteiger charge is 2.26. The van der Waals surface area contributed by atoms with Crippen molar-refractivity contribution in [3.05, 3.63) is 17.5 Å². The second kappa shape index (κ2) is 7.36.